The van der Waals surface area contributed by atoms with Crippen molar-refractivity contribution >= 4 is 23.4 Å². The Morgan fingerprint density at radius 2 is 1.78 bits per heavy atom. The van der Waals surface area contributed by atoms with E-state index in [1.807, 2.05) is 42.5 Å². The van der Waals surface area contributed by atoms with E-state index >= 15 is 0 Å². The Morgan fingerprint density at radius 3 is 2.56 bits per heavy atom. The molecular weight excluding hydrogens is 246 g/mol. The van der Waals surface area contributed by atoms with Crippen LogP contribution >= 0.6 is 12.4 Å². The van der Waals surface area contributed by atoms with E-state index in [2.05, 4.69) is 16.0 Å². The first-order valence-corrected chi connectivity index (χ1v) is 5.58. The summed E-state index contributed by atoms with van der Waals surface area (Å²) in [6.45, 7) is 0. The second kappa shape index (κ2) is 5.21. The van der Waals surface area contributed by atoms with E-state index in [1.54, 1.807) is 6.33 Å². The summed E-state index contributed by atoms with van der Waals surface area (Å²) in [7, 11) is 0. The van der Waals surface area contributed by atoms with Gasteiger partial charge >= 0.3 is 0 Å². The molecule has 1 heterocycles. The zero-order valence-corrected chi connectivity index (χ0v) is 10.5. The number of rotatable bonds is 2. The first-order valence-electron chi connectivity index (χ1n) is 5.58. The van der Waals surface area contributed by atoms with Crippen molar-refractivity contribution in [3.63, 3.8) is 0 Å². The fraction of sp³-hybridized carbons (Fsp3) is 0.0714. The van der Waals surface area contributed by atoms with E-state index in [9.17, 15) is 0 Å². The smallest absolute Gasteiger partial charge is 0.0931 e. The third kappa shape index (κ3) is 2.23. The van der Waals surface area contributed by atoms with Gasteiger partial charge in [0.15, 0.2) is 0 Å². The molecule has 0 aliphatic rings. The molecule has 3 rings (SSSR count). The Balaban J connectivity index is 0.00000120. The summed E-state index contributed by atoms with van der Waals surface area (Å²) in [4.78, 5) is 7.30. The second-order valence-corrected chi connectivity index (χ2v) is 4.07. The molecule has 1 atom stereocenters. The molecule has 0 saturated heterocycles. The molecule has 92 valence electrons. The normalized spacial score (nSPS) is 12.1. The number of hydrogen-bond donors (Lipinski definition) is 2. The highest BCUT2D eigenvalue weighted by atomic mass is 35.5. The Labute approximate surface area is 111 Å². The molecule has 0 amide bonds. The summed E-state index contributed by atoms with van der Waals surface area (Å²) >= 11 is 0. The van der Waals surface area contributed by atoms with Crippen molar-refractivity contribution in [2.75, 3.05) is 0 Å². The minimum absolute atomic E-state index is 0. The minimum Gasteiger partial charge on any atom is -0.345 e. The monoisotopic (exact) mass is 259 g/mol. The quantitative estimate of drug-likeness (QED) is 0.743. The Kier molecular flexibility index (Phi) is 3.65. The van der Waals surface area contributed by atoms with Crippen molar-refractivity contribution in [1.82, 2.24) is 9.97 Å². The summed E-state index contributed by atoms with van der Waals surface area (Å²) in [5.74, 6) is 0. The average molecular weight is 260 g/mol. The van der Waals surface area contributed by atoms with Gasteiger partial charge in [0.25, 0.3) is 0 Å². The number of nitrogens with one attached hydrogen (secondary N) is 1. The maximum absolute atomic E-state index is 6.24. The lowest BCUT2D eigenvalue weighted by Crippen LogP contribution is -2.11. The van der Waals surface area contributed by atoms with Gasteiger partial charge in [-0.1, -0.05) is 36.4 Å². The summed E-state index contributed by atoms with van der Waals surface area (Å²) in [6.07, 6.45) is 1.70. The van der Waals surface area contributed by atoms with Gasteiger partial charge in [-0.25, -0.2) is 4.98 Å². The second-order valence-electron chi connectivity index (χ2n) is 4.07. The van der Waals surface area contributed by atoms with E-state index in [0.29, 0.717) is 0 Å². The van der Waals surface area contributed by atoms with Crippen LogP contribution in [-0.4, -0.2) is 9.97 Å². The van der Waals surface area contributed by atoms with Crippen molar-refractivity contribution in [2.45, 2.75) is 6.04 Å². The van der Waals surface area contributed by atoms with Gasteiger partial charge in [-0.05, 0) is 23.3 Å². The molecule has 18 heavy (non-hydrogen) atoms. The van der Waals surface area contributed by atoms with Crippen LogP contribution in [0.5, 0.6) is 0 Å². The van der Waals surface area contributed by atoms with Crippen LogP contribution in [0.25, 0.3) is 11.0 Å². The SMILES string of the molecule is Cl.NC(c1ccccc1)c1ccc2nc[nH]c2c1. The third-order valence-corrected chi connectivity index (χ3v) is 2.96. The molecule has 4 heteroatoms. The van der Waals surface area contributed by atoms with Gasteiger partial charge in [0.2, 0.25) is 0 Å². The number of aromatic nitrogens is 2. The highest BCUT2D eigenvalue weighted by Gasteiger charge is 2.09. The molecule has 3 nitrogen and oxygen atoms in total. The standard InChI is InChI=1S/C14H13N3.ClH/c15-14(10-4-2-1-3-5-10)11-6-7-12-13(8-11)17-9-16-12;/h1-9,14H,15H2,(H,16,17);1H. The van der Waals surface area contributed by atoms with E-state index in [0.717, 1.165) is 22.2 Å². The molecular formula is C14H14ClN3. The molecule has 1 unspecified atom stereocenters. The van der Waals surface area contributed by atoms with E-state index in [1.165, 1.54) is 0 Å². The fourth-order valence-corrected chi connectivity index (χ4v) is 2.00. The van der Waals surface area contributed by atoms with Gasteiger partial charge in [0.05, 0.1) is 23.4 Å². The van der Waals surface area contributed by atoms with E-state index in [-0.39, 0.29) is 18.4 Å². The van der Waals surface area contributed by atoms with Crippen LogP contribution in [-0.2, 0) is 0 Å². The van der Waals surface area contributed by atoms with Gasteiger partial charge in [-0.2, -0.15) is 0 Å². The number of aromatic amines is 1. The van der Waals surface area contributed by atoms with Crippen LogP contribution < -0.4 is 5.73 Å². The van der Waals surface area contributed by atoms with Gasteiger partial charge in [-0.3, -0.25) is 0 Å². The lowest BCUT2D eigenvalue weighted by atomic mass is 9.99. The van der Waals surface area contributed by atoms with Crippen molar-refractivity contribution < 1.29 is 0 Å². The molecule has 0 fully saturated rings. The number of nitrogens with two attached hydrogens (primary N) is 1. The fourth-order valence-electron chi connectivity index (χ4n) is 2.00. The van der Waals surface area contributed by atoms with Crippen molar-refractivity contribution in [2.24, 2.45) is 5.73 Å². The van der Waals surface area contributed by atoms with Crippen LogP contribution in [0.3, 0.4) is 0 Å². The number of nitrogens with zero attached hydrogens (tertiary/aromatic N) is 1. The Morgan fingerprint density at radius 1 is 1.00 bits per heavy atom. The molecule has 1 aromatic heterocycles. The van der Waals surface area contributed by atoms with Crippen molar-refractivity contribution in [1.29, 1.82) is 0 Å². The number of H-pyrrole nitrogens is 1. The number of benzene rings is 2. The van der Waals surface area contributed by atoms with Crippen molar-refractivity contribution in [3.05, 3.63) is 66.0 Å². The molecule has 0 aliphatic carbocycles. The third-order valence-electron chi connectivity index (χ3n) is 2.96. The topological polar surface area (TPSA) is 54.7 Å². The van der Waals surface area contributed by atoms with E-state index in [4.69, 9.17) is 5.73 Å². The number of hydrogen-bond acceptors (Lipinski definition) is 2. The maximum atomic E-state index is 6.24. The predicted octanol–water partition coefficient (Wildman–Crippen LogP) is 3.03. The molecule has 2 aromatic carbocycles. The molecule has 0 spiro atoms. The maximum Gasteiger partial charge on any atom is 0.0931 e. The largest absolute Gasteiger partial charge is 0.345 e. The zero-order chi connectivity index (χ0) is 11.7. The lowest BCUT2D eigenvalue weighted by molar-refractivity contribution is 0.873. The molecule has 0 aliphatic heterocycles. The number of halogens is 1. The van der Waals surface area contributed by atoms with Crippen LogP contribution in [0.4, 0.5) is 0 Å². The van der Waals surface area contributed by atoms with Crippen LogP contribution in [0.2, 0.25) is 0 Å². The van der Waals surface area contributed by atoms with Crippen LogP contribution in [0.15, 0.2) is 54.9 Å². The minimum atomic E-state index is -0.0936. The first-order chi connectivity index (χ1) is 8.34. The van der Waals surface area contributed by atoms with Gasteiger partial charge in [-0.15, -0.1) is 12.4 Å². The summed E-state index contributed by atoms with van der Waals surface area (Å²) in [5.41, 5.74) is 10.4. The first kappa shape index (κ1) is 12.6. The summed E-state index contributed by atoms with van der Waals surface area (Å²) in [5, 5.41) is 0. The Hall–Kier alpha value is -1.84. The molecule has 3 aromatic rings. The van der Waals surface area contributed by atoms with Crippen molar-refractivity contribution in [3.8, 4) is 0 Å². The van der Waals surface area contributed by atoms with Gasteiger partial charge in [0, 0.05) is 0 Å². The zero-order valence-electron chi connectivity index (χ0n) is 9.71. The lowest BCUT2D eigenvalue weighted by Gasteiger charge is -2.12. The van der Waals surface area contributed by atoms with E-state index < -0.39 is 0 Å². The summed E-state index contributed by atoms with van der Waals surface area (Å²) in [6, 6.07) is 16.1. The van der Waals surface area contributed by atoms with Crippen LogP contribution in [0, 0.1) is 0 Å². The number of imidazole rings is 1. The average Bonchev–Trinajstić information content (AvgIpc) is 2.86. The van der Waals surface area contributed by atoms with Crippen LogP contribution in [0.1, 0.15) is 17.2 Å². The Bertz CT molecular complexity index is 634. The molecule has 0 saturated carbocycles. The molecule has 0 radical (unpaired) electrons. The van der Waals surface area contributed by atoms with Gasteiger partial charge < -0.3 is 10.7 Å². The van der Waals surface area contributed by atoms with Gasteiger partial charge in [0.1, 0.15) is 0 Å². The number of fused-ring (bicyclic) bond motifs is 1. The molecule has 3 N–H and O–H groups in total. The molecule has 0 bridgehead atoms. The summed E-state index contributed by atoms with van der Waals surface area (Å²) < 4.78 is 0. The predicted molar refractivity (Wildman–Crippen MR) is 75.8 cm³/mol. The highest BCUT2D eigenvalue weighted by Crippen LogP contribution is 2.21. The highest BCUT2D eigenvalue weighted by molar-refractivity contribution is 5.85.